The van der Waals surface area contributed by atoms with Crippen molar-refractivity contribution in [2.45, 2.75) is 6.42 Å². The zero-order valence-electron chi connectivity index (χ0n) is 10.8. The van der Waals surface area contributed by atoms with Crippen molar-refractivity contribution in [3.05, 3.63) is 36.0 Å². The summed E-state index contributed by atoms with van der Waals surface area (Å²) in [5.74, 6) is 0.203. The summed E-state index contributed by atoms with van der Waals surface area (Å²) in [4.78, 5) is 18.2. The van der Waals surface area contributed by atoms with Crippen LogP contribution in [0.5, 0.6) is 0 Å². The zero-order valence-corrected chi connectivity index (χ0v) is 10.8. The van der Waals surface area contributed by atoms with E-state index in [-0.39, 0.29) is 5.91 Å². The molecule has 1 aromatic carbocycles. The van der Waals surface area contributed by atoms with E-state index in [9.17, 15) is 4.79 Å². The molecule has 0 aliphatic carbocycles. The van der Waals surface area contributed by atoms with Crippen LogP contribution >= 0.6 is 0 Å². The summed E-state index contributed by atoms with van der Waals surface area (Å²) >= 11 is 0. The summed E-state index contributed by atoms with van der Waals surface area (Å²) < 4.78 is 0. The number of rotatable bonds is 2. The van der Waals surface area contributed by atoms with Gasteiger partial charge in [-0.05, 0) is 31.8 Å². The predicted octanol–water partition coefficient (Wildman–Crippen LogP) is 1.43. The molecule has 0 unspecified atom stereocenters. The van der Waals surface area contributed by atoms with Gasteiger partial charge in [0.25, 0.3) is 0 Å². The van der Waals surface area contributed by atoms with Crippen LogP contribution in [0.4, 0.5) is 11.4 Å². The summed E-state index contributed by atoms with van der Waals surface area (Å²) in [5, 5.41) is 0. The number of anilines is 2. The Morgan fingerprint density at radius 2 is 2.17 bits per heavy atom. The second kappa shape index (κ2) is 4.14. The van der Waals surface area contributed by atoms with Gasteiger partial charge in [-0.1, -0.05) is 12.1 Å². The number of para-hydroxylation sites is 1. The fourth-order valence-corrected chi connectivity index (χ4v) is 2.63. The lowest BCUT2D eigenvalue weighted by Gasteiger charge is -2.26. The van der Waals surface area contributed by atoms with Crippen molar-refractivity contribution in [1.29, 1.82) is 0 Å². The quantitative estimate of drug-likeness (QED) is 0.786. The molecular formula is C14H17N3O. The average Bonchev–Trinajstić information content (AvgIpc) is 2.52. The highest BCUT2D eigenvalue weighted by molar-refractivity contribution is 6.05. The maximum atomic E-state index is 12.0. The van der Waals surface area contributed by atoms with E-state index in [4.69, 9.17) is 0 Å². The Hall–Kier alpha value is -1.81. The monoisotopic (exact) mass is 243 g/mol. The lowest BCUT2D eigenvalue weighted by Crippen LogP contribution is -2.30. The van der Waals surface area contributed by atoms with Crippen LogP contribution in [0, 0.1) is 0 Å². The van der Waals surface area contributed by atoms with Crippen molar-refractivity contribution < 1.29 is 4.79 Å². The second-order valence-electron chi connectivity index (χ2n) is 5.04. The van der Waals surface area contributed by atoms with Crippen molar-refractivity contribution in [3.8, 4) is 0 Å². The normalized spacial score (nSPS) is 17.4. The summed E-state index contributed by atoms with van der Waals surface area (Å²) in [5.41, 5.74) is 3.36. The van der Waals surface area contributed by atoms with Crippen LogP contribution in [0.25, 0.3) is 0 Å². The third-order valence-corrected chi connectivity index (χ3v) is 3.33. The Balaban J connectivity index is 2.09. The molecule has 0 saturated heterocycles. The van der Waals surface area contributed by atoms with Gasteiger partial charge in [-0.15, -0.1) is 0 Å². The van der Waals surface area contributed by atoms with Crippen LogP contribution in [0.2, 0.25) is 0 Å². The Labute approximate surface area is 107 Å². The van der Waals surface area contributed by atoms with Gasteiger partial charge in [-0.2, -0.15) is 0 Å². The average molecular weight is 243 g/mol. The fourth-order valence-electron chi connectivity index (χ4n) is 2.63. The molecule has 0 atom stereocenters. The molecule has 0 N–H and O–H groups in total. The first-order valence-corrected chi connectivity index (χ1v) is 6.17. The maximum Gasteiger partial charge on any atom is 0.231 e. The number of nitrogens with zero attached hydrogens (tertiary/aromatic N) is 3. The van der Waals surface area contributed by atoms with E-state index >= 15 is 0 Å². The molecule has 94 valence electrons. The first kappa shape index (κ1) is 11.3. The van der Waals surface area contributed by atoms with E-state index in [0.717, 1.165) is 23.6 Å². The first-order valence-electron chi connectivity index (χ1n) is 6.17. The van der Waals surface area contributed by atoms with E-state index in [0.29, 0.717) is 13.0 Å². The lowest BCUT2D eigenvalue weighted by molar-refractivity contribution is -0.117. The molecule has 0 bridgehead atoms. The molecule has 4 heteroatoms. The second-order valence-corrected chi connectivity index (χ2v) is 5.04. The van der Waals surface area contributed by atoms with Crippen molar-refractivity contribution in [3.63, 3.8) is 0 Å². The molecule has 0 saturated carbocycles. The third-order valence-electron chi connectivity index (χ3n) is 3.33. The molecule has 2 aliphatic heterocycles. The van der Waals surface area contributed by atoms with Crippen LogP contribution in [0.3, 0.4) is 0 Å². The van der Waals surface area contributed by atoms with Crippen molar-refractivity contribution in [2.75, 3.05) is 37.1 Å². The molecule has 4 nitrogen and oxygen atoms in total. The molecule has 1 amide bonds. The summed E-state index contributed by atoms with van der Waals surface area (Å²) in [6, 6.07) is 6.17. The molecule has 1 aromatic rings. The van der Waals surface area contributed by atoms with Gasteiger partial charge in [0.2, 0.25) is 5.91 Å². The highest BCUT2D eigenvalue weighted by Crippen LogP contribution is 2.39. The highest BCUT2D eigenvalue weighted by Gasteiger charge is 2.31. The Morgan fingerprint density at radius 3 is 2.94 bits per heavy atom. The van der Waals surface area contributed by atoms with Gasteiger partial charge < -0.3 is 9.80 Å². The van der Waals surface area contributed by atoms with E-state index < -0.39 is 0 Å². The predicted molar refractivity (Wildman–Crippen MR) is 72.7 cm³/mol. The SMILES string of the molecule is CN(C)CN1C=CCN2C(=O)Cc3cccc1c32. The number of benzene rings is 1. The van der Waals surface area contributed by atoms with Crippen molar-refractivity contribution in [2.24, 2.45) is 0 Å². The summed E-state index contributed by atoms with van der Waals surface area (Å²) in [7, 11) is 4.09. The minimum absolute atomic E-state index is 0.203. The number of amides is 1. The molecule has 0 fully saturated rings. The van der Waals surface area contributed by atoms with Crippen LogP contribution in [-0.2, 0) is 11.2 Å². The minimum atomic E-state index is 0.203. The van der Waals surface area contributed by atoms with Crippen LogP contribution < -0.4 is 9.80 Å². The zero-order chi connectivity index (χ0) is 12.7. The molecule has 2 aliphatic rings. The Kier molecular flexibility index (Phi) is 2.59. The molecule has 2 heterocycles. The number of carbonyl (C=O) groups is 1. The molecule has 0 radical (unpaired) electrons. The van der Waals surface area contributed by atoms with Crippen LogP contribution in [-0.4, -0.2) is 38.1 Å². The summed E-state index contributed by atoms with van der Waals surface area (Å²) in [6.07, 6.45) is 4.66. The maximum absolute atomic E-state index is 12.0. The number of carbonyl (C=O) groups excluding carboxylic acids is 1. The molecule has 18 heavy (non-hydrogen) atoms. The van der Waals surface area contributed by atoms with Crippen LogP contribution in [0.1, 0.15) is 5.56 Å². The Morgan fingerprint density at radius 1 is 1.33 bits per heavy atom. The van der Waals surface area contributed by atoms with E-state index in [2.05, 4.69) is 34.2 Å². The highest BCUT2D eigenvalue weighted by atomic mass is 16.2. The van der Waals surface area contributed by atoms with Crippen LogP contribution in [0.15, 0.2) is 30.5 Å². The topological polar surface area (TPSA) is 26.8 Å². The van der Waals surface area contributed by atoms with E-state index in [1.165, 1.54) is 0 Å². The van der Waals surface area contributed by atoms with Crippen molar-refractivity contribution >= 4 is 17.3 Å². The lowest BCUT2D eigenvalue weighted by atomic mass is 10.1. The number of hydrogen-bond donors (Lipinski definition) is 0. The third kappa shape index (κ3) is 1.69. The Bertz CT molecular complexity index is 522. The van der Waals surface area contributed by atoms with Crippen molar-refractivity contribution in [1.82, 2.24) is 4.90 Å². The molecule has 0 spiro atoms. The van der Waals surface area contributed by atoms with Gasteiger partial charge in [0.05, 0.1) is 24.5 Å². The molecular weight excluding hydrogens is 226 g/mol. The largest absolute Gasteiger partial charge is 0.333 e. The van der Waals surface area contributed by atoms with E-state index in [1.54, 1.807) is 0 Å². The standard InChI is InChI=1S/C14H17N3O/c1-15(2)10-16-7-4-8-17-13(18)9-11-5-3-6-12(16)14(11)17/h3-7H,8-10H2,1-2H3. The fraction of sp³-hybridized carbons (Fsp3) is 0.357. The van der Waals surface area contributed by atoms with Gasteiger partial charge in [-0.3, -0.25) is 9.69 Å². The molecule has 0 aromatic heterocycles. The van der Waals surface area contributed by atoms with Gasteiger partial charge in [-0.25, -0.2) is 0 Å². The van der Waals surface area contributed by atoms with E-state index in [1.807, 2.05) is 25.1 Å². The van der Waals surface area contributed by atoms with Gasteiger partial charge in [0.15, 0.2) is 0 Å². The van der Waals surface area contributed by atoms with Gasteiger partial charge in [0, 0.05) is 12.7 Å². The number of hydrogen-bond acceptors (Lipinski definition) is 3. The summed E-state index contributed by atoms with van der Waals surface area (Å²) in [6.45, 7) is 1.49. The van der Waals surface area contributed by atoms with Gasteiger partial charge >= 0.3 is 0 Å². The molecule has 3 rings (SSSR count). The first-order chi connectivity index (χ1) is 8.66. The smallest absolute Gasteiger partial charge is 0.231 e. The van der Waals surface area contributed by atoms with Gasteiger partial charge in [0.1, 0.15) is 0 Å². The minimum Gasteiger partial charge on any atom is -0.333 e.